The summed E-state index contributed by atoms with van der Waals surface area (Å²) in [5.74, 6) is -1.41. The van der Waals surface area contributed by atoms with Gasteiger partial charge in [0.25, 0.3) is 0 Å². The van der Waals surface area contributed by atoms with E-state index in [2.05, 4.69) is 4.74 Å². The Morgan fingerprint density at radius 3 is 1.86 bits per heavy atom. The molecule has 0 fully saturated rings. The number of alkyl halides is 3. The van der Waals surface area contributed by atoms with E-state index in [1.165, 1.54) is 0 Å². The van der Waals surface area contributed by atoms with Crippen molar-refractivity contribution in [2.75, 3.05) is 26.4 Å². The van der Waals surface area contributed by atoms with Crippen LogP contribution < -0.4 is 0 Å². The Morgan fingerprint density at radius 2 is 1.64 bits per heavy atom. The molecule has 0 heterocycles. The molecule has 0 aromatic heterocycles. The first-order chi connectivity index (χ1) is 6.33. The second kappa shape index (κ2) is 8.73. The lowest BCUT2D eigenvalue weighted by Gasteiger charge is -2.04. The summed E-state index contributed by atoms with van der Waals surface area (Å²) in [7, 11) is 0. The van der Waals surface area contributed by atoms with E-state index in [1.807, 2.05) is 0 Å². The van der Waals surface area contributed by atoms with Gasteiger partial charge in [0.05, 0.1) is 13.2 Å². The standard InChI is InChI=1S/C4H5F3O3.C2H6O2/c5-4(6,7)2-10-1-3(8)9;3-1-2-4/h1-2H2,(H,8,9);3-4H,1-2H2. The Balaban J connectivity index is 0. The van der Waals surface area contributed by atoms with Gasteiger partial charge in [-0.05, 0) is 0 Å². The molecule has 0 unspecified atom stereocenters. The quantitative estimate of drug-likeness (QED) is 0.601. The van der Waals surface area contributed by atoms with E-state index in [0.29, 0.717) is 0 Å². The van der Waals surface area contributed by atoms with Crippen LogP contribution in [0, 0.1) is 0 Å². The van der Waals surface area contributed by atoms with Crippen molar-refractivity contribution in [1.82, 2.24) is 0 Å². The molecule has 0 bridgehead atoms. The maximum atomic E-state index is 11.2. The van der Waals surface area contributed by atoms with Crippen LogP contribution >= 0.6 is 0 Å². The molecule has 0 spiro atoms. The average molecular weight is 220 g/mol. The molecule has 0 saturated heterocycles. The summed E-state index contributed by atoms with van der Waals surface area (Å²) in [5, 5.41) is 23.1. The molecule has 0 rings (SSSR count). The molecule has 0 aliphatic carbocycles. The molecule has 3 N–H and O–H groups in total. The van der Waals surface area contributed by atoms with Gasteiger partial charge in [0.1, 0.15) is 13.2 Å². The Kier molecular flexibility index (Phi) is 9.73. The minimum Gasteiger partial charge on any atom is -0.480 e. The second-order valence-corrected chi connectivity index (χ2v) is 1.95. The number of aliphatic carboxylic acids is 1. The van der Waals surface area contributed by atoms with E-state index < -0.39 is 25.4 Å². The first-order valence-corrected chi connectivity index (χ1v) is 3.41. The van der Waals surface area contributed by atoms with Crippen molar-refractivity contribution in [2.45, 2.75) is 6.18 Å². The number of rotatable bonds is 4. The SMILES string of the molecule is O=C(O)COCC(F)(F)F.OCCO. The summed E-state index contributed by atoms with van der Waals surface area (Å²) in [6.45, 7) is -2.68. The summed E-state index contributed by atoms with van der Waals surface area (Å²) in [4.78, 5) is 9.59. The Morgan fingerprint density at radius 1 is 1.21 bits per heavy atom. The second-order valence-electron chi connectivity index (χ2n) is 1.95. The Labute approximate surface area is 77.7 Å². The highest BCUT2D eigenvalue weighted by atomic mass is 19.4. The van der Waals surface area contributed by atoms with Crippen molar-refractivity contribution >= 4 is 5.97 Å². The number of hydrogen-bond acceptors (Lipinski definition) is 4. The smallest absolute Gasteiger partial charge is 0.411 e. The molecule has 0 aromatic carbocycles. The first-order valence-electron chi connectivity index (χ1n) is 3.41. The van der Waals surface area contributed by atoms with Crippen LogP contribution in [0.2, 0.25) is 0 Å². The van der Waals surface area contributed by atoms with Crippen LogP contribution in [0.1, 0.15) is 0 Å². The van der Waals surface area contributed by atoms with Gasteiger partial charge in [-0.15, -0.1) is 0 Å². The third-order valence-electron chi connectivity index (χ3n) is 0.591. The predicted molar refractivity (Wildman–Crippen MR) is 38.7 cm³/mol. The molecular formula is C6H11F3O5. The highest BCUT2D eigenvalue weighted by molar-refractivity contribution is 5.67. The van der Waals surface area contributed by atoms with Gasteiger partial charge >= 0.3 is 12.1 Å². The minimum atomic E-state index is -4.45. The zero-order chi connectivity index (χ0) is 11.6. The topological polar surface area (TPSA) is 87.0 Å². The van der Waals surface area contributed by atoms with Crippen molar-refractivity contribution in [3.05, 3.63) is 0 Å². The first kappa shape index (κ1) is 15.6. The number of halogens is 3. The molecule has 0 aliphatic rings. The van der Waals surface area contributed by atoms with Crippen LogP contribution in [0.25, 0.3) is 0 Å². The lowest BCUT2D eigenvalue weighted by molar-refractivity contribution is -0.179. The van der Waals surface area contributed by atoms with Crippen molar-refractivity contribution in [3.8, 4) is 0 Å². The Hall–Kier alpha value is -0.860. The molecule has 8 heteroatoms. The third-order valence-corrected chi connectivity index (χ3v) is 0.591. The lowest BCUT2D eigenvalue weighted by Crippen LogP contribution is -2.19. The molecule has 0 aliphatic heterocycles. The summed E-state index contributed by atoms with van der Waals surface area (Å²) >= 11 is 0. The van der Waals surface area contributed by atoms with Crippen LogP contribution in [-0.4, -0.2) is 53.9 Å². The number of ether oxygens (including phenoxy) is 1. The fraction of sp³-hybridized carbons (Fsp3) is 0.833. The van der Waals surface area contributed by atoms with Gasteiger partial charge in [-0.2, -0.15) is 13.2 Å². The van der Waals surface area contributed by atoms with E-state index in [-0.39, 0.29) is 13.2 Å². The van der Waals surface area contributed by atoms with Gasteiger partial charge in [-0.1, -0.05) is 0 Å². The zero-order valence-corrected chi connectivity index (χ0v) is 7.12. The maximum absolute atomic E-state index is 11.2. The molecule has 86 valence electrons. The van der Waals surface area contributed by atoms with Crippen LogP contribution in [0.5, 0.6) is 0 Å². The third kappa shape index (κ3) is 22.5. The van der Waals surface area contributed by atoms with Crippen molar-refractivity contribution in [2.24, 2.45) is 0 Å². The van der Waals surface area contributed by atoms with Crippen molar-refractivity contribution in [3.63, 3.8) is 0 Å². The van der Waals surface area contributed by atoms with E-state index in [9.17, 15) is 18.0 Å². The van der Waals surface area contributed by atoms with Crippen LogP contribution in [-0.2, 0) is 9.53 Å². The van der Waals surface area contributed by atoms with Gasteiger partial charge in [-0.3, -0.25) is 0 Å². The molecule has 5 nitrogen and oxygen atoms in total. The summed E-state index contributed by atoms with van der Waals surface area (Å²) in [6.07, 6.45) is -4.45. The minimum absolute atomic E-state index is 0.125. The van der Waals surface area contributed by atoms with Gasteiger partial charge in [0.2, 0.25) is 0 Å². The van der Waals surface area contributed by atoms with Crippen LogP contribution in [0.3, 0.4) is 0 Å². The molecule has 0 amide bonds. The van der Waals surface area contributed by atoms with E-state index in [0.717, 1.165) is 0 Å². The van der Waals surface area contributed by atoms with Gasteiger partial charge in [0, 0.05) is 0 Å². The maximum Gasteiger partial charge on any atom is 0.411 e. The zero-order valence-electron chi connectivity index (χ0n) is 7.12. The van der Waals surface area contributed by atoms with Crippen LogP contribution in [0.15, 0.2) is 0 Å². The number of hydrogen-bond donors (Lipinski definition) is 3. The van der Waals surface area contributed by atoms with E-state index in [4.69, 9.17) is 15.3 Å². The number of aliphatic hydroxyl groups excluding tert-OH is 2. The number of carboxylic acid groups (broad SMARTS) is 1. The van der Waals surface area contributed by atoms with Gasteiger partial charge < -0.3 is 20.1 Å². The van der Waals surface area contributed by atoms with Crippen molar-refractivity contribution in [1.29, 1.82) is 0 Å². The molecule has 0 saturated carbocycles. The molecule has 0 aromatic rings. The Bertz CT molecular complexity index is 145. The molecule has 0 atom stereocenters. The fourth-order valence-electron chi connectivity index (χ4n) is 0.254. The van der Waals surface area contributed by atoms with Crippen LogP contribution in [0.4, 0.5) is 13.2 Å². The summed E-state index contributed by atoms with van der Waals surface area (Å²) in [5.41, 5.74) is 0. The van der Waals surface area contributed by atoms with Gasteiger partial charge in [-0.25, -0.2) is 4.79 Å². The molecule has 14 heavy (non-hydrogen) atoms. The van der Waals surface area contributed by atoms with Gasteiger partial charge in [0.15, 0.2) is 0 Å². The monoisotopic (exact) mass is 220 g/mol. The highest BCUT2D eigenvalue weighted by Gasteiger charge is 2.27. The number of carbonyl (C=O) groups is 1. The molecule has 0 radical (unpaired) electrons. The van der Waals surface area contributed by atoms with Crippen molar-refractivity contribution < 1.29 is 38.0 Å². The lowest BCUT2D eigenvalue weighted by atomic mass is 10.7. The van der Waals surface area contributed by atoms with E-state index in [1.54, 1.807) is 0 Å². The predicted octanol–water partition coefficient (Wildman–Crippen LogP) is -0.379. The number of carboxylic acids is 1. The largest absolute Gasteiger partial charge is 0.480 e. The highest BCUT2D eigenvalue weighted by Crippen LogP contribution is 2.13. The normalized spacial score (nSPS) is 10.4. The molecular weight excluding hydrogens is 209 g/mol. The van der Waals surface area contributed by atoms with E-state index >= 15 is 0 Å². The average Bonchev–Trinajstić information content (AvgIpc) is 2.02. The summed E-state index contributed by atoms with van der Waals surface area (Å²) in [6, 6.07) is 0. The fourth-order valence-corrected chi connectivity index (χ4v) is 0.254. The summed E-state index contributed by atoms with van der Waals surface area (Å²) < 4.78 is 37.3. The number of aliphatic hydroxyl groups is 2.